The second kappa shape index (κ2) is 13.2. The van der Waals surface area contributed by atoms with Gasteiger partial charge in [-0.2, -0.15) is 0 Å². The molecule has 2 amide bonds. The van der Waals surface area contributed by atoms with Crippen LogP contribution in [0.2, 0.25) is 0 Å². The van der Waals surface area contributed by atoms with Gasteiger partial charge in [-0.05, 0) is 37.0 Å². The first-order chi connectivity index (χ1) is 15.0. The Labute approximate surface area is 189 Å². The number of amides is 2. The van der Waals surface area contributed by atoms with E-state index in [-0.39, 0.29) is 23.4 Å². The van der Waals surface area contributed by atoms with E-state index in [0.717, 1.165) is 24.0 Å². The molecule has 0 heterocycles. The van der Waals surface area contributed by atoms with Gasteiger partial charge in [-0.3, -0.25) is 9.59 Å². The van der Waals surface area contributed by atoms with Crippen molar-refractivity contribution >= 4 is 23.6 Å². The molecule has 0 fully saturated rings. The molecule has 0 aliphatic heterocycles. The Bertz CT molecular complexity index is 842. The summed E-state index contributed by atoms with van der Waals surface area (Å²) in [7, 11) is 0. The summed E-state index contributed by atoms with van der Waals surface area (Å²) in [5.74, 6) is 0.116. The van der Waals surface area contributed by atoms with Crippen LogP contribution in [0.1, 0.15) is 49.8 Å². The number of carbonyl (C=O) groups excluding carboxylic acids is 2. The van der Waals surface area contributed by atoms with Crippen LogP contribution in [0.3, 0.4) is 0 Å². The van der Waals surface area contributed by atoms with Crippen LogP contribution in [-0.2, 0) is 21.9 Å². The van der Waals surface area contributed by atoms with Gasteiger partial charge < -0.3 is 10.2 Å². The molecule has 31 heavy (non-hydrogen) atoms. The standard InChI is InChI=1S/C25H33FN2O2S/c1-4-6-15-27-25(30)23(5-2)28(16-20-13-11-19(3)12-14-20)24(29)18-31-17-21-9-7-8-10-22(21)26/h7-14,23H,4-6,15-18H2,1-3H3,(H,27,30)/t23-/m1/s1. The second-order valence-electron chi connectivity index (χ2n) is 7.66. The SMILES string of the molecule is CCCCNC(=O)[C@@H](CC)N(Cc1ccc(C)cc1)C(=O)CSCc1ccccc1F. The number of nitrogens with zero attached hydrogens (tertiary/aromatic N) is 1. The van der Waals surface area contributed by atoms with Crippen LogP contribution in [0.4, 0.5) is 4.39 Å². The number of rotatable bonds is 12. The Morgan fingerprint density at radius 3 is 2.45 bits per heavy atom. The zero-order chi connectivity index (χ0) is 22.6. The van der Waals surface area contributed by atoms with Gasteiger partial charge in [-0.1, -0.05) is 68.3 Å². The van der Waals surface area contributed by atoms with E-state index >= 15 is 0 Å². The van der Waals surface area contributed by atoms with Crippen LogP contribution in [-0.4, -0.2) is 35.1 Å². The molecule has 0 saturated carbocycles. The highest BCUT2D eigenvalue weighted by molar-refractivity contribution is 7.99. The van der Waals surface area contributed by atoms with E-state index in [1.54, 1.807) is 23.1 Å². The Morgan fingerprint density at radius 2 is 1.81 bits per heavy atom. The number of aryl methyl sites for hydroxylation is 1. The predicted octanol–water partition coefficient (Wildman–Crippen LogP) is 5.09. The van der Waals surface area contributed by atoms with Gasteiger partial charge in [-0.25, -0.2) is 4.39 Å². The quantitative estimate of drug-likeness (QED) is 0.464. The topological polar surface area (TPSA) is 49.4 Å². The molecule has 0 unspecified atom stereocenters. The molecule has 0 aromatic heterocycles. The Hall–Kier alpha value is -2.34. The summed E-state index contributed by atoms with van der Waals surface area (Å²) in [6.07, 6.45) is 2.44. The number of halogens is 1. The number of unbranched alkanes of at least 4 members (excludes halogenated alkanes) is 1. The molecule has 0 bridgehead atoms. The van der Waals surface area contributed by atoms with Crippen molar-refractivity contribution in [2.24, 2.45) is 0 Å². The predicted molar refractivity (Wildman–Crippen MR) is 126 cm³/mol. The van der Waals surface area contributed by atoms with Gasteiger partial charge in [0.05, 0.1) is 5.75 Å². The van der Waals surface area contributed by atoms with E-state index in [1.807, 2.05) is 38.1 Å². The lowest BCUT2D eigenvalue weighted by molar-refractivity contribution is -0.139. The molecule has 0 saturated heterocycles. The fraction of sp³-hybridized carbons (Fsp3) is 0.440. The minimum atomic E-state index is -0.528. The van der Waals surface area contributed by atoms with E-state index in [1.165, 1.54) is 17.8 Å². The summed E-state index contributed by atoms with van der Waals surface area (Å²) < 4.78 is 13.9. The summed E-state index contributed by atoms with van der Waals surface area (Å²) in [4.78, 5) is 27.6. The largest absolute Gasteiger partial charge is 0.354 e. The maximum atomic E-state index is 13.9. The van der Waals surface area contributed by atoms with Gasteiger partial charge in [0.2, 0.25) is 11.8 Å². The zero-order valence-corrected chi connectivity index (χ0v) is 19.5. The molecule has 168 valence electrons. The van der Waals surface area contributed by atoms with Crippen molar-refractivity contribution in [1.29, 1.82) is 0 Å². The van der Waals surface area contributed by atoms with Crippen LogP contribution in [0, 0.1) is 12.7 Å². The van der Waals surface area contributed by atoms with Crippen LogP contribution in [0.5, 0.6) is 0 Å². The first-order valence-corrected chi connectivity index (χ1v) is 12.1. The second-order valence-corrected chi connectivity index (χ2v) is 8.65. The lowest BCUT2D eigenvalue weighted by atomic mass is 10.1. The van der Waals surface area contributed by atoms with Gasteiger partial charge in [0.15, 0.2) is 0 Å². The molecule has 0 aliphatic carbocycles. The summed E-state index contributed by atoms with van der Waals surface area (Å²) in [6, 6.07) is 14.1. The fourth-order valence-corrected chi connectivity index (χ4v) is 4.16. The monoisotopic (exact) mass is 444 g/mol. The van der Waals surface area contributed by atoms with Crippen LogP contribution in [0.15, 0.2) is 48.5 Å². The molecule has 4 nitrogen and oxygen atoms in total. The zero-order valence-electron chi connectivity index (χ0n) is 18.7. The highest BCUT2D eigenvalue weighted by Gasteiger charge is 2.28. The molecule has 1 N–H and O–H groups in total. The van der Waals surface area contributed by atoms with Crippen molar-refractivity contribution in [3.05, 3.63) is 71.0 Å². The molecule has 2 rings (SSSR count). The molecule has 2 aromatic rings. The summed E-state index contributed by atoms with van der Waals surface area (Å²) in [6.45, 7) is 7.00. The molecule has 6 heteroatoms. The third-order valence-electron chi connectivity index (χ3n) is 5.13. The number of hydrogen-bond donors (Lipinski definition) is 1. The van der Waals surface area contributed by atoms with Gasteiger partial charge in [0, 0.05) is 18.8 Å². The van der Waals surface area contributed by atoms with Crippen molar-refractivity contribution in [3.8, 4) is 0 Å². The smallest absolute Gasteiger partial charge is 0.242 e. The van der Waals surface area contributed by atoms with E-state index in [4.69, 9.17) is 0 Å². The van der Waals surface area contributed by atoms with Crippen molar-refractivity contribution in [2.75, 3.05) is 12.3 Å². The third-order valence-corrected chi connectivity index (χ3v) is 6.10. The Balaban J connectivity index is 2.10. The summed E-state index contributed by atoms with van der Waals surface area (Å²) in [5.41, 5.74) is 2.71. The van der Waals surface area contributed by atoms with Crippen LogP contribution < -0.4 is 5.32 Å². The van der Waals surface area contributed by atoms with Gasteiger partial charge in [0.25, 0.3) is 0 Å². The molecular weight excluding hydrogens is 411 g/mol. The van der Waals surface area contributed by atoms with Crippen molar-refractivity contribution in [1.82, 2.24) is 10.2 Å². The van der Waals surface area contributed by atoms with Crippen LogP contribution in [0.25, 0.3) is 0 Å². The number of benzene rings is 2. The van der Waals surface area contributed by atoms with Crippen molar-refractivity contribution in [2.45, 2.75) is 58.4 Å². The van der Waals surface area contributed by atoms with Crippen molar-refractivity contribution in [3.63, 3.8) is 0 Å². The molecule has 0 aliphatic rings. The maximum Gasteiger partial charge on any atom is 0.242 e. The average Bonchev–Trinajstić information content (AvgIpc) is 2.76. The first-order valence-electron chi connectivity index (χ1n) is 10.9. The number of carbonyl (C=O) groups is 2. The fourth-order valence-electron chi connectivity index (χ4n) is 3.26. The average molecular weight is 445 g/mol. The van der Waals surface area contributed by atoms with E-state index in [0.29, 0.717) is 30.8 Å². The molecule has 1 atom stereocenters. The van der Waals surface area contributed by atoms with E-state index in [2.05, 4.69) is 12.2 Å². The molecule has 0 spiro atoms. The molecule has 2 aromatic carbocycles. The lowest BCUT2D eigenvalue weighted by Crippen LogP contribution is -2.49. The van der Waals surface area contributed by atoms with E-state index < -0.39 is 6.04 Å². The number of hydrogen-bond acceptors (Lipinski definition) is 3. The highest BCUT2D eigenvalue weighted by Crippen LogP contribution is 2.19. The first kappa shape index (κ1) is 24.9. The maximum absolute atomic E-state index is 13.9. The number of thioether (sulfide) groups is 1. The molecule has 0 radical (unpaired) electrons. The minimum Gasteiger partial charge on any atom is -0.354 e. The summed E-state index contributed by atoms with van der Waals surface area (Å²) >= 11 is 1.37. The lowest BCUT2D eigenvalue weighted by Gasteiger charge is -2.30. The minimum absolute atomic E-state index is 0.112. The van der Waals surface area contributed by atoms with E-state index in [9.17, 15) is 14.0 Å². The van der Waals surface area contributed by atoms with Gasteiger partial charge in [-0.15, -0.1) is 11.8 Å². The number of nitrogens with one attached hydrogen (secondary N) is 1. The normalized spacial score (nSPS) is 11.7. The van der Waals surface area contributed by atoms with Crippen molar-refractivity contribution < 1.29 is 14.0 Å². The molecular formula is C25H33FN2O2S. The summed E-state index contributed by atoms with van der Waals surface area (Å²) in [5, 5.41) is 2.97. The Kier molecular flexibility index (Phi) is 10.6. The highest BCUT2D eigenvalue weighted by atomic mass is 32.2. The third kappa shape index (κ3) is 8.02. The Morgan fingerprint density at radius 1 is 1.10 bits per heavy atom. The van der Waals surface area contributed by atoms with Gasteiger partial charge in [0.1, 0.15) is 11.9 Å². The van der Waals surface area contributed by atoms with Crippen LogP contribution >= 0.6 is 11.8 Å². The van der Waals surface area contributed by atoms with Gasteiger partial charge >= 0.3 is 0 Å².